The molecule has 5 heteroatoms. The van der Waals surface area contributed by atoms with Crippen LogP contribution in [0.1, 0.15) is 28.3 Å². The summed E-state index contributed by atoms with van der Waals surface area (Å²) in [6.45, 7) is 4.21. The Balaban J connectivity index is 1.69. The summed E-state index contributed by atoms with van der Waals surface area (Å²) in [5, 5.41) is 2.88. The minimum atomic E-state index is -0.225. The zero-order chi connectivity index (χ0) is 15.2. The lowest BCUT2D eigenvalue weighted by molar-refractivity contribution is 0.0952. The van der Waals surface area contributed by atoms with Gasteiger partial charge in [-0.05, 0) is 56.4 Å². The molecule has 0 radical (unpaired) electrons. The molecule has 0 aliphatic carbocycles. The molecule has 0 aliphatic heterocycles. The number of halogens is 1. The Labute approximate surface area is 127 Å². The Hall–Kier alpha value is -1.75. The lowest BCUT2D eigenvalue weighted by atomic mass is 10.2. The molecule has 21 heavy (non-hydrogen) atoms. The van der Waals surface area contributed by atoms with Crippen molar-refractivity contribution in [3.63, 3.8) is 0 Å². The van der Waals surface area contributed by atoms with Crippen molar-refractivity contribution in [1.29, 1.82) is 0 Å². The van der Waals surface area contributed by atoms with E-state index in [2.05, 4.69) is 5.32 Å². The molecule has 0 atom stereocenters. The number of hydrogen-bond acceptors (Lipinski definition) is 3. The zero-order valence-electron chi connectivity index (χ0n) is 12.1. The molecule has 112 valence electrons. The number of furan rings is 1. The first-order chi connectivity index (χ1) is 10.1. The molecule has 0 unspecified atom stereocenters. The molecule has 0 spiro atoms. The first kappa shape index (κ1) is 15.6. The molecular formula is C16H18FNO2S. The van der Waals surface area contributed by atoms with Gasteiger partial charge in [0, 0.05) is 11.4 Å². The van der Waals surface area contributed by atoms with Gasteiger partial charge in [0.15, 0.2) is 0 Å². The molecule has 1 amide bonds. The Bertz CT molecular complexity index is 607. The van der Waals surface area contributed by atoms with E-state index in [4.69, 9.17) is 4.42 Å². The maximum absolute atomic E-state index is 12.7. The summed E-state index contributed by atoms with van der Waals surface area (Å²) < 4.78 is 18.1. The number of nitrogens with one attached hydrogen (secondary N) is 1. The molecule has 1 aromatic carbocycles. The van der Waals surface area contributed by atoms with Crippen molar-refractivity contribution in [2.24, 2.45) is 0 Å². The summed E-state index contributed by atoms with van der Waals surface area (Å²) in [4.78, 5) is 13.0. The van der Waals surface area contributed by atoms with Crippen LogP contribution in [0.15, 0.2) is 39.6 Å². The highest BCUT2D eigenvalue weighted by atomic mass is 32.2. The summed E-state index contributed by atoms with van der Waals surface area (Å²) in [5.41, 5.74) is 0.596. The third kappa shape index (κ3) is 4.63. The summed E-state index contributed by atoms with van der Waals surface area (Å²) >= 11 is 1.65. The number of carbonyl (C=O) groups excluding carboxylic acids is 1. The summed E-state index contributed by atoms with van der Waals surface area (Å²) in [7, 11) is 0. The number of rotatable bonds is 6. The van der Waals surface area contributed by atoms with Crippen LogP contribution in [0.2, 0.25) is 0 Å². The van der Waals surface area contributed by atoms with Gasteiger partial charge in [-0.2, -0.15) is 0 Å². The lowest BCUT2D eigenvalue weighted by Gasteiger charge is -2.04. The van der Waals surface area contributed by atoms with Crippen LogP contribution in [-0.2, 0) is 0 Å². The van der Waals surface area contributed by atoms with Gasteiger partial charge in [-0.1, -0.05) is 0 Å². The Morgan fingerprint density at radius 2 is 2.00 bits per heavy atom. The molecule has 1 aromatic heterocycles. The molecule has 1 N–H and O–H groups in total. The maximum Gasteiger partial charge on any atom is 0.254 e. The largest absolute Gasteiger partial charge is 0.466 e. The van der Waals surface area contributed by atoms with Crippen molar-refractivity contribution in [1.82, 2.24) is 5.32 Å². The molecule has 0 bridgehead atoms. The summed E-state index contributed by atoms with van der Waals surface area (Å²) in [6, 6.07) is 8.17. The predicted octanol–water partition coefficient (Wildman–Crippen LogP) is 3.95. The topological polar surface area (TPSA) is 42.2 Å². The average molecular weight is 307 g/mol. The van der Waals surface area contributed by atoms with Crippen molar-refractivity contribution in [3.05, 3.63) is 53.2 Å². The van der Waals surface area contributed by atoms with Gasteiger partial charge in [-0.3, -0.25) is 4.79 Å². The predicted molar refractivity (Wildman–Crippen MR) is 82.3 cm³/mol. The van der Waals surface area contributed by atoms with Crippen LogP contribution in [0, 0.1) is 19.7 Å². The van der Waals surface area contributed by atoms with E-state index in [1.165, 1.54) is 12.1 Å². The van der Waals surface area contributed by atoms with Crippen molar-refractivity contribution >= 4 is 17.7 Å². The monoisotopic (exact) mass is 307 g/mol. The van der Waals surface area contributed by atoms with Crippen LogP contribution in [0.5, 0.6) is 0 Å². The molecule has 2 rings (SSSR count). The molecular weight excluding hydrogens is 289 g/mol. The smallest absolute Gasteiger partial charge is 0.254 e. The third-order valence-electron chi connectivity index (χ3n) is 2.97. The van der Waals surface area contributed by atoms with Gasteiger partial charge < -0.3 is 9.73 Å². The van der Waals surface area contributed by atoms with Crippen molar-refractivity contribution in [2.45, 2.75) is 25.2 Å². The van der Waals surface area contributed by atoms with E-state index in [-0.39, 0.29) is 11.7 Å². The second kappa shape index (κ2) is 7.31. The highest BCUT2D eigenvalue weighted by molar-refractivity contribution is 7.99. The van der Waals surface area contributed by atoms with Crippen LogP contribution in [0.25, 0.3) is 0 Å². The van der Waals surface area contributed by atoms with Gasteiger partial charge >= 0.3 is 0 Å². The first-order valence-electron chi connectivity index (χ1n) is 6.80. The Kier molecular flexibility index (Phi) is 5.44. The molecule has 1 heterocycles. The van der Waals surface area contributed by atoms with E-state index in [9.17, 15) is 9.18 Å². The minimum absolute atomic E-state index is 0.101. The SMILES string of the molecule is Cc1cc(C(=O)NCCCSc2ccc(F)cc2)c(C)o1. The Morgan fingerprint density at radius 1 is 1.29 bits per heavy atom. The van der Waals surface area contributed by atoms with Crippen molar-refractivity contribution in [3.8, 4) is 0 Å². The van der Waals surface area contributed by atoms with Crippen LogP contribution >= 0.6 is 11.8 Å². The van der Waals surface area contributed by atoms with Crippen LogP contribution < -0.4 is 5.32 Å². The molecule has 3 nitrogen and oxygen atoms in total. The normalized spacial score (nSPS) is 10.6. The van der Waals surface area contributed by atoms with Gasteiger partial charge in [-0.15, -0.1) is 11.8 Å². The van der Waals surface area contributed by atoms with E-state index in [1.807, 2.05) is 6.92 Å². The third-order valence-corrected chi connectivity index (χ3v) is 4.07. The van der Waals surface area contributed by atoms with Crippen LogP contribution in [-0.4, -0.2) is 18.2 Å². The van der Waals surface area contributed by atoms with E-state index in [0.717, 1.165) is 22.8 Å². The summed E-state index contributed by atoms with van der Waals surface area (Å²) in [5.74, 6) is 1.93. The van der Waals surface area contributed by atoms with Crippen molar-refractivity contribution < 1.29 is 13.6 Å². The first-order valence-corrected chi connectivity index (χ1v) is 7.78. The fourth-order valence-corrected chi connectivity index (χ4v) is 2.80. The quantitative estimate of drug-likeness (QED) is 0.649. The number of hydrogen-bond donors (Lipinski definition) is 1. The fourth-order valence-electron chi connectivity index (χ4n) is 1.95. The second-order valence-corrected chi connectivity index (χ2v) is 5.91. The number of benzene rings is 1. The van der Waals surface area contributed by atoms with E-state index in [0.29, 0.717) is 17.9 Å². The molecule has 0 fully saturated rings. The van der Waals surface area contributed by atoms with E-state index in [1.54, 1.807) is 36.9 Å². The van der Waals surface area contributed by atoms with Gasteiger partial charge in [0.05, 0.1) is 5.56 Å². The van der Waals surface area contributed by atoms with Gasteiger partial charge in [0.25, 0.3) is 5.91 Å². The average Bonchev–Trinajstić information content (AvgIpc) is 2.79. The minimum Gasteiger partial charge on any atom is -0.466 e. The maximum atomic E-state index is 12.7. The number of carbonyl (C=O) groups is 1. The van der Waals surface area contributed by atoms with E-state index < -0.39 is 0 Å². The highest BCUT2D eigenvalue weighted by Gasteiger charge is 2.12. The standard InChI is InChI=1S/C16H18FNO2S/c1-11-10-15(12(2)20-11)16(19)18-8-3-9-21-14-6-4-13(17)5-7-14/h4-7,10H,3,8-9H2,1-2H3,(H,18,19). The van der Waals surface area contributed by atoms with Crippen molar-refractivity contribution in [2.75, 3.05) is 12.3 Å². The second-order valence-electron chi connectivity index (χ2n) is 4.74. The van der Waals surface area contributed by atoms with E-state index >= 15 is 0 Å². The molecule has 2 aromatic rings. The lowest BCUT2D eigenvalue weighted by Crippen LogP contribution is -2.24. The highest BCUT2D eigenvalue weighted by Crippen LogP contribution is 2.18. The Morgan fingerprint density at radius 3 is 2.62 bits per heavy atom. The molecule has 0 aliphatic rings. The number of thioether (sulfide) groups is 1. The van der Waals surface area contributed by atoms with Crippen LogP contribution in [0.3, 0.4) is 0 Å². The number of aryl methyl sites for hydroxylation is 2. The fraction of sp³-hybridized carbons (Fsp3) is 0.312. The van der Waals surface area contributed by atoms with Gasteiger partial charge in [0.2, 0.25) is 0 Å². The van der Waals surface area contributed by atoms with Gasteiger partial charge in [0.1, 0.15) is 17.3 Å². The molecule has 0 saturated carbocycles. The van der Waals surface area contributed by atoms with Gasteiger partial charge in [-0.25, -0.2) is 4.39 Å². The number of amides is 1. The zero-order valence-corrected chi connectivity index (χ0v) is 12.9. The van der Waals surface area contributed by atoms with Crippen LogP contribution in [0.4, 0.5) is 4.39 Å². The summed E-state index contributed by atoms with van der Waals surface area (Å²) in [6.07, 6.45) is 0.851. The molecule has 0 saturated heterocycles.